The summed E-state index contributed by atoms with van der Waals surface area (Å²) in [6.07, 6.45) is 0. The molecule has 0 bridgehead atoms. The molecule has 0 aliphatic heterocycles. The fourth-order valence-corrected chi connectivity index (χ4v) is 1.85. The highest BCUT2D eigenvalue weighted by Gasteiger charge is 2.09. The predicted octanol–water partition coefficient (Wildman–Crippen LogP) is 1.46. The number of fused-ring (bicyclic) bond motifs is 1. The van der Waals surface area contributed by atoms with E-state index in [1.807, 2.05) is 0 Å². The highest BCUT2D eigenvalue weighted by atomic mass is 35.5. The maximum atomic E-state index is 11.6. The molecule has 1 aromatic carbocycles. The van der Waals surface area contributed by atoms with Crippen LogP contribution >= 0.6 is 11.6 Å². The van der Waals surface area contributed by atoms with Crippen LogP contribution in [0.25, 0.3) is 11.2 Å². The van der Waals surface area contributed by atoms with Crippen LogP contribution in [0.15, 0.2) is 29.1 Å². The molecule has 0 atom stereocenters. The number of hydrogen-bond donors (Lipinski definition) is 3. The SMILES string of the molecule is Nc1nc2nc(COc3ccc(Cl)cc3)[nH]c2c(=O)[nH]1. The predicted molar refractivity (Wildman–Crippen MR) is 74.7 cm³/mol. The second-order valence-corrected chi connectivity index (χ2v) is 4.51. The van der Waals surface area contributed by atoms with Gasteiger partial charge in [-0.2, -0.15) is 4.98 Å². The normalized spacial score (nSPS) is 10.8. The molecule has 0 amide bonds. The number of hydrogen-bond acceptors (Lipinski definition) is 5. The number of nitrogens with one attached hydrogen (secondary N) is 2. The molecule has 7 nitrogen and oxygen atoms in total. The van der Waals surface area contributed by atoms with Gasteiger partial charge in [0.1, 0.15) is 18.2 Å². The number of anilines is 1. The zero-order valence-electron chi connectivity index (χ0n) is 10.2. The number of nitrogens with two attached hydrogens (primary N) is 1. The number of halogens is 1. The molecular formula is C12H10ClN5O2. The highest BCUT2D eigenvalue weighted by molar-refractivity contribution is 6.30. The Kier molecular flexibility index (Phi) is 3.03. The minimum Gasteiger partial charge on any atom is -0.486 e. The number of H-pyrrole nitrogens is 2. The number of nitrogen functional groups attached to an aromatic ring is 1. The van der Waals surface area contributed by atoms with Crippen LogP contribution in [0.3, 0.4) is 0 Å². The van der Waals surface area contributed by atoms with E-state index in [0.29, 0.717) is 16.6 Å². The van der Waals surface area contributed by atoms with Gasteiger partial charge < -0.3 is 15.5 Å². The lowest BCUT2D eigenvalue weighted by Gasteiger charge is -2.03. The topological polar surface area (TPSA) is 110 Å². The van der Waals surface area contributed by atoms with Crippen LogP contribution in [0.4, 0.5) is 5.95 Å². The first-order valence-corrected chi connectivity index (χ1v) is 6.12. The van der Waals surface area contributed by atoms with Crippen molar-refractivity contribution in [1.82, 2.24) is 19.9 Å². The van der Waals surface area contributed by atoms with Crippen LogP contribution in [-0.4, -0.2) is 19.9 Å². The third-order valence-electron chi connectivity index (χ3n) is 2.62. The summed E-state index contributed by atoms with van der Waals surface area (Å²) >= 11 is 5.78. The van der Waals surface area contributed by atoms with Crippen LogP contribution in [0.2, 0.25) is 5.02 Å². The number of imidazole rings is 1. The summed E-state index contributed by atoms with van der Waals surface area (Å²) in [4.78, 5) is 24.9. The van der Waals surface area contributed by atoms with Crippen molar-refractivity contribution in [1.29, 1.82) is 0 Å². The number of rotatable bonds is 3. The van der Waals surface area contributed by atoms with Crippen molar-refractivity contribution in [3.8, 4) is 5.75 Å². The quantitative estimate of drug-likeness (QED) is 0.677. The van der Waals surface area contributed by atoms with Crippen LogP contribution in [0, 0.1) is 0 Å². The summed E-state index contributed by atoms with van der Waals surface area (Å²) < 4.78 is 5.52. The Morgan fingerprint density at radius 1 is 1.20 bits per heavy atom. The zero-order valence-corrected chi connectivity index (χ0v) is 10.9. The molecule has 2 heterocycles. The van der Waals surface area contributed by atoms with Crippen molar-refractivity contribution in [2.24, 2.45) is 0 Å². The van der Waals surface area contributed by atoms with Gasteiger partial charge in [-0.15, -0.1) is 0 Å². The highest BCUT2D eigenvalue weighted by Crippen LogP contribution is 2.16. The number of nitrogens with zero attached hydrogens (tertiary/aromatic N) is 2. The van der Waals surface area contributed by atoms with Gasteiger partial charge in [0.25, 0.3) is 5.56 Å². The first-order chi connectivity index (χ1) is 9.61. The van der Waals surface area contributed by atoms with Crippen molar-refractivity contribution < 1.29 is 4.74 Å². The smallest absolute Gasteiger partial charge is 0.278 e. The van der Waals surface area contributed by atoms with E-state index in [0.717, 1.165) is 0 Å². The van der Waals surface area contributed by atoms with E-state index in [1.165, 1.54) is 0 Å². The van der Waals surface area contributed by atoms with Gasteiger partial charge in [0.15, 0.2) is 11.2 Å². The molecule has 0 aliphatic rings. The van der Waals surface area contributed by atoms with Crippen LogP contribution in [-0.2, 0) is 6.61 Å². The summed E-state index contributed by atoms with van der Waals surface area (Å²) in [7, 11) is 0. The second kappa shape index (κ2) is 4.86. The van der Waals surface area contributed by atoms with E-state index in [-0.39, 0.29) is 29.3 Å². The first kappa shape index (κ1) is 12.5. The number of ether oxygens (including phenoxy) is 1. The molecule has 3 aromatic rings. The van der Waals surface area contributed by atoms with E-state index in [2.05, 4.69) is 19.9 Å². The van der Waals surface area contributed by atoms with Gasteiger partial charge in [0.2, 0.25) is 5.95 Å². The molecule has 0 unspecified atom stereocenters. The molecule has 0 radical (unpaired) electrons. The molecule has 2 aromatic heterocycles. The second-order valence-electron chi connectivity index (χ2n) is 4.08. The lowest BCUT2D eigenvalue weighted by atomic mass is 10.3. The Morgan fingerprint density at radius 2 is 1.95 bits per heavy atom. The van der Waals surface area contributed by atoms with Gasteiger partial charge in [0.05, 0.1) is 0 Å². The van der Waals surface area contributed by atoms with E-state index in [1.54, 1.807) is 24.3 Å². The molecule has 0 fully saturated rings. The Hall–Kier alpha value is -2.54. The fraction of sp³-hybridized carbons (Fsp3) is 0.0833. The van der Waals surface area contributed by atoms with Gasteiger partial charge in [-0.05, 0) is 24.3 Å². The monoisotopic (exact) mass is 291 g/mol. The molecule has 0 saturated heterocycles. The first-order valence-electron chi connectivity index (χ1n) is 5.74. The standard InChI is InChI=1S/C12H10ClN5O2/c13-6-1-3-7(4-2-6)20-5-8-15-9-10(16-8)17-12(14)18-11(9)19/h1-4H,5H2,(H4,14,15,16,17,18,19). The van der Waals surface area contributed by atoms with Crippen molar-refractivity contribution in [2.45, 2.75) is 6.61 Å². The summed E-state index contributed by atoms with van der Waals surface area (Å²) in [6.45, 7) is 0.178. The van der Waals surface area contributed by atoms with E-state index >= 15 is 0 Å². The maximum Gasteiger partial charge on any atom is 0.278 e. The molecular weight excluding hydrogens is 282 g/mol. The molecule has 0 saturated carbocycles. The van der Waals surface area contributed by atoms with E-state index in [9.17, 15) is 4.79 Å². The summed E-state index contributed by atoms with van der Waals surface area (Å²) in [6, 6.07) is 6.94. The summed E-state index contributed by atoms with van der Waals surface area (Å²) in [5.41, 5.74) is 5.62. The molecule has 20 heavy (non-hydrogen) atoms. The van der Waals surface area contributed by atoms with Gasteiger partial charge in [0, 0.05) is 5.02 Å². The Morgan fingerprint density at radius 3 is 2.70 bits per heavy atom. The van der Waals surface area contributed by atoms with Gasteiger partial charge >= 0.3 is 0 Å². The summed E-state index contributed by atoms with van der Waals surface area (Å²) in [5.74, 6) is 1.16. The number of aromatic nitrogens is 4. The van der Waals surface area contributed by atoms with Gasteiger partial charge in [-0.1, -0.05) is 11.6 Å². The van der Waals surface area contributed by atoms with Crippen LogP contribution in [0.1, 0.15) is 5.82 Å². The maximum absolute atomic E-state index is 11.6. The van der Waals surface area contributed by atoms with Crippen molar-refractivity contribution in [3.05, 3.63) is 45.5 Å². The third kappa shape index (κ3) is 2.43. The Labute approximate surface area is 117 Å². The summed E-state index contributed by atoms with van der Waals surface area (Å²) in [5, 5.41) is 0.632. The lowest BCUT2D eigenvalue weighted by molar-refractivity contribution is 0.297. The average Bonchev–Trinajstić information content (AvgIpc) is 2.81. The largest absolute Gasteiger partial charge is 0.486 e. The lowest BCUT2D eigenvalue weighted by Crippen LogP contribution is -2.10. The van der Waals surface area contributed by atoms with Crippen molar-refractivity contribution in [3.63, 3.8) is 0 Å². The number of benzene rings is 1. The Balaban J connectivity index is 1.83. The van der Waals surface area contributed by atoms with E-state index < -0.39 is 0 Å². The molecule has 4 N–H and O–H groups in total. The zero-order chi connectivity index (χ0) is 14.1. The molecule has 102 valence electrons. The minimum absolute atomic E-state index is 0.0270. The minimum atomic E-state index is -0.363. The molecule has 0 spiro atoms. The number of aromatic amines is 2. The van der Waals surface area contributed by atoms with Gasteiger partial charge in [-0.3, -0.25) is 9.78 Å². The van der Waals surface area contributed by atoms with Crippen molar-refractivity contribution >= 4 is 28.7 Å². The fourth-order valence-electron chi connectivity index (χ4n) is 1.72. The van der Waals surface area contributed by atoms with Crippen LogP contribution < -0.4 is 16.0 Å². The van der Waals surface area contributed by atoms with Gasteiger partial charge in [-0.25, -0.2) is 4.98 Å². The molecule has 0 aliphatic carbocycles. The molecule has 3 rings (SSSR count). The average molecular weight is 292 g/mol. The Bertz CT molecular complexity index is 809. The third-order valence-corrected chi connectivity index (χ3v) is 2.87. The molecule has 8 heteroatoms. The van der Waals surface area contributed by atoms with Crippen molar-refractivity contribution in [2.75, 3.05) is 5.73 Å². The van der Waals surface area contributed by atoms with Crippen LogP contribution in [0.5, 0.6) is 5.75 Å². The van der Waals surface area contributed by atoms with E-state index in [4.69, 9.17) is 22.1 Å².